The minimum atomic E-state index is -0.826. The molecule has 9 heteroatoms. The lowest BCUT2D eigenvalue weighted by Crippen LogP contribution is -2.49. The molecule has 27 heavy (non-hydrogen) atoms. The summed E-state index contributed by atoms with van der Waals surface area (Å²) in [7, 11) is 1.35. The highest BCUT2D eigenvalue weighted by Crippen LogP contribution is 2.52. The third-order valence-electron chi connectivity index (χ3n) is 4.69. The van der Waals surface area contributed by atoms with Gasteiger partial charge in [0.25, 0.3) is 0 Å². The zero-order chi connectivity index (χ0) is 19.5. The average Bonchev–Trinajstić information content (AvgIpc) is 3.10. The SMILES string of the molecule is COC(=O)C[C@]1(SCc2ccccc2)[C@@H](CN=[N+]=[N-])O[C@@H]2OC(C)(C)O[C@@H]21. The molecule has 146 valence electrons. The highest BCUT2D eigenvalue weighted by molar-refractivity contribution is 8.00. The first-order valence-corrected chi connectivity index (χ1v) is 9.65. The zero-order valence-corrected chi connectivity index (χ0v) is 16.3. The molecule has 8 nitrogen and oxygen atoms in total. The van der Waals surface area contributed by atoms with Gasteiger partial charge in [-0.1, -0.05) is 35.4 Å². The highest BCUT2D eigenvalue weighted by Gasteiger charge is 2.64. The number of carbonyl (C=O) groups excluding carboxylic acids is 1. The van der Waals surface area contributed by atoms with Crippen molar-refractivity contribution >= 4 is 17.7 Å². The molecule has 0 bridgehead atoms. The number of carbonyl (C=O) groups is 1. The summed E-state index contributed by atoms with van der Waals surface area (Å²) in [5.74, 6) is -0.562. The van der Waals surface area contributed by atoms with Crippen molar-refractivity contribution < 1.29 is 23.7 Å². The Labute approximate surface area is 162 Å². The second kappa shape index (κ2) is 8.08. The average molecular weight is 393 g/mol. The van der Waals surface area contributed by atoms with E-state index in [2.05, 4.69) is 10.0 Å². The number of esters is 1. The van der Waals surface area contributed by atoms with E-state index in [1.165, 1.54) is 7.11 Å². The van der Waals surface area contributed by atoms with E-state index in [0.717, 1.165) is 5.56 Å². The minimum Gasteiger partial charge on any atom is -0.469 e. The van der Waals surface area contributed by atoms with Gasteiger partial charge < -0.3 is 18.9 Å². The predicted octanol–water partition coefficient (Wildman–Crippen LogP) is 3.41. The Morgan fingerprint density at radius 3 is 2.74 bits per heavy atom. The van der Waals surface area contributed by atoms with Gasteiger partial charge in [-0.3, -0.25) is 4.79 Å². The summed E-state index contributed by atoms with van der Waals surface area (Å²) < 4.78 is 22.2. The topological polar surface area (TPSA) is 103 Å². The van der Waals surface area contributed by atoms with Crippen LogP contribution in [0.4, 0.5) is 0 Å². The van der Waals surface area contributed by atoms with Crippen molar-refractivity contribution in [2.24, 2.45) is 5.11 Å². The van der Waals surface area contributed by atoms with Crippen LogP contribution in [0.2, 0.25) is 0 Å². The third kappa shape index (κ3) is 4.23. The lowest BCUT2D eigenvalue weighted by molar-refractivity contribution is -0.207. The molecular weight excluding hydrogens is 370 g/mol. The molecule has 4 atom stereocenters. The molecule has 0 N–H and O–H groups in total. The molecule has 2 aliphatic rings. The standard InChI is InChI=1S/C18H23N3O5S/c1-17(2)25-15-16(26-17)24-13(10-20-21-19)18(15,9-14(22)23-3)27-11-12-7-5-4-6-8-12/h4-8,13,15-16H,9-11H2,1-3H3/t13-,15+,16-,18+/m1/s1. The molecule has 1 aromatic carbocycles. The fourth-order valence-corrected chi connectivity index (χ4v) is 4.95. The maximum absolute atomic E-state index is 12.3. The van der Waals surface area contributed by atoms with Crippen molar-refractivity contribution in [1.82, 2.24) is 0 Å². The van der Waals surface area contributed by atoms with Gasteiger partial charge in [-0.2, -0.15) is 0 Å². The number of hydrogen-bond donors (Lipinski definition) is 0. The quantitative estimate of drug-likeness (QED) is 0.304. The van der Waals surface area contributed by atoms with Crippen molar-refractivity contribution in [3.8, 4) is 0 Å². The Bertz CT molecular complexity index is 725. The number of benzene rings is 1. The molecule has 0 saturated carbocycles. The maximum atomic E-state index is 12.3. The van der Waals surface area contributed by atoms with E-state index in [9.17, 15) is 4.79 Å². The van der Waals surface area contributed by atoms with E-state index in [-0.39, 0.29) is 18.9 Å². The van der Waals surface area contributed by atoms with E-state index >= 15 is 0 Å². The number of nitrogens with zero attached hydrogens (tertiary/aromatic N) is 3. The second-order valence-electron chi connectivity index (χ2n) is 6.94. The van der Waals surface area contributed by atoms with Gasteiger partial charge in [-0.05, 0) is 24.9 Å². The van der Waals surface area contributed by atoms with Crippen molar-refractivity contribution in [3.63, 3.8) is 0 Å². The smallest absolute Gasteiger partial charge is 0.307 e. The van der Waals surface area contributed by atoms with E-state index in [4.69, 9.17) is 24.5 Å². The lowest BCUT2D eigenvalue weighted by Gasteiger charge is -2.36. The molecule has 0 spiro atoms. The monoisotopic (exact) mass is 393 g/mol. The first-order valence-electron chi connectivity index (χ1n) is 8.67. The number of azide groups is 1. The number of rotatable bonds is 7. The second-order valence-corrected chi connectivity index (χ2v) is 8.28. The van der Waals surface area contributed by atoms with Gasteiger partial charge in [0.2, 0.25) is 0 Å². The Morgan fingerprint density at radius 2 is 2.07 bits per heavy atom. The number of fused-ring (bicyclic) bond motifs is 1. The molecule has 0 radical (unpaired) electrons. The summed E-state index contributed by atoms with van der Waals surface area (Å²) in [6.45, 7) is 3.69. The van der Waals surface area contributed by atoms with Gasteiger partial charge in [-0.15, -0.1) is 11.8 Å². The van der Waals surface area contributed by atoms with Crippen LogP contribution in [0.15, 0.2) is 35.4 Å². The number of thioether (sulfide) groups is 1. The summed E-state index contributed by atoms with van der Waals surface area (Å²) in [6, 6.07) is 9.92. The number of methoxy groups -OCH3 is 1. The van der Waals surface area contributed by atoms with Crippen LogP contribution in [-0.4, -0.2) is 48.7 Å². The summed E-state index contributed by atoms with van der Waals surface area (Å²) in [5, 5.41) is 3.68. The summed E-state index contributed by atoms with van der Waals surface area (Å²) in [6.07, 6.45) is -1.59. The van der Waals surface area contributed by atoms with Crippen LogP contribution in [0.1, 0.15) is 25.8 Å². The molecule has 2 aliphatic heterocycles. The van der Waals surface area contributed by atoms with Crippen molar-refractivity contribution in [3.05, 3.63) is 46.3 Å². The van der Waals surface area contributed by atoms with E-state index < -0.39 is 29.0 Å². The molecule has 2 fully saturated rings. The number of hydrogen-bond acceptors (Lipinski definition) is 7. The first-order chi connectivity index (χ1) is 12.9. The molecular formula is C18H23N3O5S. The Hall–Kier alpha value is -1.77. The molecule has 2 heterocycles. The van der Waals surface area contributed by atoms with E-state index in [1.54, 1.807) is 11.8 Å². The van der Waals surface area contributed by atoms with Crippen LogP contribution in [0, 0.1) is 0 Å². The number of ether oxygens (including phenoxy) is 4. The Balaban J connectivity index is 1.93. The maximum Gasteiger partial charge on any atom is 0.307 e. The Kier molecular flexibility index (Phi) is 5.98. The molecule has 2 saturated heterocycles. The fourth-order valence-electron chi connectivity index (χ4n) is 3.46. The van der Waals surface area contributed by atoms with Crippen LogP contribution in [0.25, 0.3) is 10.4 Å². The van der Waals surface area contributed by atoms with Gasteiger partial charge in [0.05, 0.1) is 30.9 Å². The van der Waals surface area contributed by atoms with Crippen molar-refractivity contribution in [1.29, 1.82) is 0 Å². The highest BCUT2D eigenvalue weighted by atomic mass is 32.2. The fraction of sp³-hybridized carbons (Fsp3) is 0.611. The molecule has 1 aromatic rings. The largest absolute Gasteiger partial charge is 0.469 e. The van der Waals surface area contributed by atoms with E-state index in [1.807, 2.05) is 44.2 Å². The predicted molar refractivity (Wildman–Crippen MR) is 99.8 cm³/mol. The molecule has 0 aromatic heterocycles. The van der Waals surface area contributed by atoms with Crippen molar-refractivity contribution in [2.75, 3.05) is 13.7 Å². The molecule has 0 aliphatic carbocycles. The summed E-state index contributed by atoms with van der Waals surface area (Å²) >= 11 is 1.55. The normalized spacial score (nSPS) is 31.1. The Morgan fingerprint density at radius 1 is 1.33 bits per heavy atom. The van der Waals surface area contributed by atoms with Gasteiger partial charge >= 0.3 is 5.97 Å². The molecule has 0 unspecified atom stereocenters. The zero-order valence-electron chi connectivity index (χ0n) is 15.5. The third-order valence-corrected chi connectivity index (χ3v) is 6.35. The van der Waals surface area contributed by atoms with Crippen LogP contribution >= 0.6 is 11.8 Å². The summed E-state index contributed by atoms with van der Waals surface area (Å²) in [5.41, 5.74) is 9.87. The van der Waals surface area contributed by atoms with Crippen LogP contribution in [-0.2, 0) is 29.5 Å². The van der Waals surface area contributed by atoms with Crippen LogP contribution in [0.5, 0.6) is 0 Å². The van der Waals surface area contributed by atoms with Gasteiger partial charge in [0.1, 0.15) is 6.10 Å². The van der Waals surface area contributed by atoms with Gasteiger partial charge in [0.15, 0.2) is 12.1 Å². The van der Waals surface area contributed by atoms with Gasteiger partial charge in [-0.25, -0.2) is 0 Å². The molecule has 3 rings (SSSR count). The first kappa shape index (κ1) is 20.0. The van der Waals surface area contributed by atoms with Crippen LogP contribution in [0.3, 0.4) is 0 Å². The minimum absolute atomic E-state index is 0.0627. The van der Waals surface area contributed by atoms with Crippen LogP contribution < -0.4 is 0 Å². The molecule has 0 amide bonds. The van der Waals surface area contributed by atoms with Gasteiger partial charge in [0, 0.05) is 10.7 Å². The summed E-state index contributed by atoms with van der Waals surface area (Å²) in [4.78, 5) is 15.1. The lowest BCUT2D eigenvalue weighted by atomic mass is 9.93. The van der Waals surface area contributed by atoms with Crippen molar-refractivity contribution in [2.45, 2.75) is 55.1 Å². The van der Waals surface area contributed by atoms with E-state index in [0.29, 0.717) is 5.75 Å².